The van der Waals surface area contributed by atoms with Crippen LogP contribution in [-0.4, -0.2) is 24.4 Å². The predicted octanol–water partition coefficient (Wildman–Crippen LogP) is 3.49. The molecular weight excluding hydrogens is 248 g/mol. The van der Waals surface area contributed by atoms with Crippen molar-refractivity contribution in [2.45, 2.75) is 34.1 Å². The van der Waals surface area contributed by atoms with Crippen molar-refractivity contribution in [3.05, 3.63) is 34.9 Å². The average Bonchev–Trinajstić information content (AvgIpc) is 2.32. The fourth-order valence-corrected chi connectivity index (χ4v) is 2.09. The van der Waals surface area contributed by atoms with E-state index in [1.807, 2.05) is 32.2 Å². The van der Waals surface area contributed by atoms with Gasteiger partial charge in [0.05, 0.1) is 0 Å². The first-order valence-corrected chi connectivity index (χ1v) is 7.07. The summed E-state index contributed by atoms with van der Waals surface area (Å²) in [5.74, 6) is 0.586. The highest BCUT2D eigenvalue weighted by Crippen LogP contribution is 2.16. The van der Waals surface area contributed by atoms with E-state index in [1.165, 1.54) is 5.56 Å². The second-order valence-electron chi connectivity index (χ2n) is 5.95. The standard InChI is InChI=1S/C17H26N2O/c1-12(2)8-17(20)19(5)11-13(3)9-15-10-16(18)7-6-14(15)4/h6-7,9-10,12H,8,11,18H2,1-5H3/b13-9+. The number of benzene rings is 1. The lowest BCUT2D eigenvalue weighted by atomic mass is 10.0. The SMILES string of the molecule is C/C(=C\c1cc(N)ccc1C)CN(C)C(=O)CC(C)C. The Hall–Kier alpha value is -1.77. The Balaban J connectivity index is 2.74. The first-order chi connectivity index (χ1) is 9.29. The summed E-state index contributed by atoms with van der Waals surface area (Å²) in [5.41, 5.74) is 10.0. The highest BCUT2D eigenvalue weighted by atomic mass is 16.2. The Kier molecular flexibility index (Phi) is 5.81. The highest BCUT2D eigenvalue weighted by Gasteiger charge is 2.10. The lowest BCUT2D eigenvalue weighted by molar-refractivity contribution is -0.130. The summed E-state index contributed by atoms with van der Waals surface area (Å²) in [6.45, 7) is 8.88. The summed E-state index contributed by atoms with van der Waals surface area (Å²) in [6.07, 6.45) is 2.70. The van der Waals surface area contributed by atoms with Crippen LogP contribution in [0.1, 0.15) is 38.3 Å². The van der Waals surface area contributed by atoms with Crippen LogP contribution in [0.2, 0.25) is 0 Å². The smallest absolute Gasteiger partial charge is 0.222 e. The molecule has 0 heterocycles. The van der Waals surface area contributed by atoms with Gasteiger partial charge in [0.1, 0.15) is 0 Å². The number of anilines is 1. The molecule has 0 aromatic heterocycles. The van der Waals surface area contributed by atoms with Crippen molar-refractivity contribution in [2.75, 3.05) is 19.3 Å². The number of hydrogen-bond donors (Lipinski definition) is 1. The third-order valence-corrected chi connectivity index (χ3v) is 3.20. The average molecular weight is 274 g/mol. The molecule has 0 saturated heterocycles. The molecule has 0 bridgehead atoms. The second kappa shape index (κ2) is 7.13. The number of hydrogen-bond acceptors (Lipinski definition) is 2. The minimum atomic E-state index is 0.192. The number of nitrogens with zero attached hydrogens (tertiary/aromatic N) is 1. The zero-order valence-corrected chi connectivity index (χ0v) is 13.2. The first kappa shape index (κ1) is 16.3. The molecule has 0 atom stereocenters. The van der Waals surface area contributed by atoms with Crippen LogP contribution in [0.3, 0.4) is 0 Å². The fourth-order valence-electron chi connectivity index (χ4n) is 2.09. The molecular formula is C17H26N2O. The van der Waals surface area contributed by atoms with E-state index in [0.29, 0.717) is 18.9 Å². The normalized spacial score (nSPS) is 11.8. The third-order valence-electron chi connectivity index (χ3n) is 3.20. The summed E-state index contributed by atoms with van der Waals surface area (Å²) >= 11 is 0. The summed E-state index contributed by atoms with van der Waals surface area (Å²) in [6, 6.07) is 5.89. The van der Waals surface area contributed by atoms with Gasteiger partial charge in [-0.1, -0.05) is 31.6 Å². The summed E-state index contributed by atoms with van der Waals surface area (Å²) in [7, 11) is 1.86. The van der Waals surface area contributed by atoms with Crippen LogP contribution in [-0.2, 0) is 4.79 Å². The third kappa shape index (κ3) is 5.08. The first-order valence-electron chi connectivity index (χ1n) is 7.07. The number of aryl methyl sites for hydroxylation is 1. The van der Waals surface area contributed by atoms with E-state index in [0.717, 1.165) is 16.8 Å². The van der Waals surface area contributed by atoms with Crippen LogP contribution < -0.4 is 5.73 Å². The van der Waals surface area contributed by atoms with Gasteiger partial charge >= 0.3 is 0 Å². The molecule has 0 aliphatic rings. The minimum absolute atomic E-state index is 0.192. The van der Waals surface area contributed by atoms with Gasteiger partial charge in [0.15, 0.2) is 0 Å². The van der Waals surface area contributed by atoms with E-state index in [9.17, 15) is 4.79 Å². The van der Waals surface area contributed by atoms with E-state index in [1.54, 1.807) is 4.90 Å². The number of rotatable bonds is 5. The van der Waals surface area contributed by atoms with Crippen LogP contribution in [0, 0.1) is 12.8 Å². The van der Waals surface area contributed by atoms with Crippen LogP contribution >= 0.6 is 0 Å². The molecule has 3 nitrogen and oxygen atoms in total. The van der Waals surface area contributed by atoms with E-state index in [4.69, 9.17) is 5.73 Å². The van der Waals surface area contributed by atoms with Gasteiger partial charge in [0.25, 0.3) is 0 Å². The minimum Gasteiger partial charge on any atom is -0.399 e. The van der Waals surface area contributed by atoms with E-state index >= 15 is 0 Å². The highest BCUT2D eigenvalue weighted by molar-refractivity contribution is 5.76. The number of nitrogens with two attached hydrogens (primary N) is 1. The number of amides is 1. The summed E-state index contributed by atoms with van der Waals surface area (Å²) < 4.78 is 0. The molecule has 1 aromatic rings. The van der Waals surface area contributed by atoms with Crippen LogP contribution in [0.25, 0.3) is 6.08 Å². The van der Waals surface area contributed by atoms with Gasteiger partial charge in [-0.2, -0.15) is 0 Å². The van der Waals surface area contributed by atoms with Gasteiger partial charge in [-0.3, -0.25) is 4.79 Å². The van der Waals surface area contributed by atoms with Crippen LogP contribution in [0.4, 0.5) is 5.69 Å². The summed E-state index contributed by atoms with van der Waals surface area (Å²) in [5, 5.41) is 0. The van der Waals surface area contributed by atoms with Gasteiger partial charge < -0.3 is 10.6 Å². The quantitative estimate of drug-likeness (QED) is 0.835. The van der Waals surface area contributed by atoms with Crippen molar-refractivity contribution in [1.29, 1.82) is 0 Å². The number of carbonyl (C=O) groups excluding carboxylic acids is 1. The molecule has 0 unspecified atom stereocenters. The van der Waals surface area contributed by atoms with E-state index in [2.05, 4.69) is 26.8 Å². The molecule has 1 rings (SSSR count). The monoisotopic (exact) mass is 274 g/mol. The predicted molar refractivity (Wildman–Crippen MR) is 86.3 cm³/mol. The Morgan fingerprint density at radius 2 is 2.05 bits per heavy atom. The van der Waals surface area contributed by atoms with Gasteiger partial charge in [-0.15, -0.1) is 0 Å². The maximum Gasteiger partial charge on any atom is 0.222 e. The Labute approximate surface area is 122 Å². The van der Waals surface area contributed by atoms with Gasteiger partial charge in [-0.05, 0) is 43.0 Å². The molecule has 0 spiro atoms. The lowest BCUT2D eigenvalue weighted by Gasteiger charge is -2.19. The van der Waals surface area contributed by atoms with Gasteiger partial charge in [0, 0.05) is 25.7 Å². The van der Waals surface area contributed by atoms with Crippen molar-refractivity contribution in [3.63, 3.8) is 0 Å². The largest absolute Gasteiger partial charge is 0.399 e. The molecule has 3 heteroatoms. The van der Waals surface area contributed by atoms with Gasteiger partial charge in [0.2, 0.25) is 5.91 Å². The van der Waals surface area contributed by atoms with Crippen LogP contribution in [0.15, 0.2) is 23.8 Å². The molecule has 0 aliphatic heterocycles. The maximum atomic E-state index is 11.9. The van der Waals surface area contributed by atoms with E-state index in [-0.39, 0.29) is 5.91 Å². The number of likely N-dealkylation sites (N-methyl/N-ethyl adjacent to an activating group) is 1. The Morgan fingerprint density at radius 1 is 1.40 bits per heavy atom. The lowest BCUT2D eigenvalue weighted by Crippen LogP contribution is -2.29. The summed E-state index contributed by atoms with van der Waals surface area (Å²) in [4.78, 5) is 13.7. The van der Waals surface area contributed by atoms with Crippen molar-refractivity contribution >= 4 is 17.7 Å². The molecule has 0 radical (unpaired) electrons. The topological polar surface area (TPSA) is 46.3 Å². The Bertz CT molecular complexity index is 504. The van der Waals surface area contributed by atoms with E-state index < -0.39 is 0 Å². The fraction of sp³-hybridized carbons (Fsp3) is 0.471. The Morgan fingerprint density at radius 3 is 2.65 bits per heavy atom. The molecule has 20 heavy (non-hydrogen) atoms. The zero-order chi connectivity index (χ0) is 15.3. The molecule has 0 aliphatic carbocycles. The number of carbonyl (C=O) groups is 1. The maximum absolute atomic E-state index is 11.9. The van der Waals surface area contributed by atoms with Gasteiger partial charge in [-0.25, -0.2) is 0 Å². The van der Waals surface area contributed by atoms with Crippen molar-refractivity contribution in [2.24, 2.45) is 5.92 Å². The molecule has 0 fully saturated rings. The van der Waals surface area contributed by atoms with Crippen LogP contribution in [0.5, 0.6) is 0 Å². The van der Waals surface area contributed by atoms with Crippen molar-refractivity contribution in [3.8, 4) is 0 Å². The molecule has 0 saturated carbocycles. The van der Waals surface area contributed by atoms with Crippen molar-refractivity contribution in [1.82, 2.24) is 4.90 Å². The molecule has 2 N–H and O–H groups in total. The molecule has 1 amide bonds. The van der Waals surface area contributed by atoms with Crippen molar-refractivity contribution < 1.29 is 4.79 Å². The second-order valence-corrected chi connectivity index (χ2v) is 5.95. The molecule has 1 aromatic carbocycles. The number of nitrogen functional groups attached to an aromatic ring is 1. The molecule has 110 valence electrons. The zero-order valence-electron chi connectivity index (χ0n) is 13.2.